The predicted molar refractivity (Wildman–Crippen MR) is 135 cm³/mol. The summed E-state index contributed by atoms with van der Waals surface area (Å²) < 4.78 is 12.3. The minimum absolute atomic E-state index is 0.173. The van der Waals surface area contributed by atoms with Gasteiger partial charge in [0, 0.05) is 0 Å². The number of methoxy groups -OCH3 is 1. The minimum Gasteiger partial charge on any atom is -0.494 e. The summed E-state index contributed by atoms with van der Waals surface area (Å²) >= 11 is 6.80. The molecule has 3 aromatic carbocycles. The number of halogens is 2. The van der Waals surface area contributed by atoms with Crippen molar-refractivity contribution < 1.29 is 23.9 Å². The second-order valence-electron chi connectivity index (χ2n) is 7.24. The lowest BCUT2D eigenvalue weighted by Gasteiger charge is -2.26. The fourth-order valence-corrected chi connectivity index (χ4v) is 4.89. The molecule has 9 heteroatoms. The Bertz CT molecular complexity index is 1270. The molecule has 7 nitrogen and oxygen atoms in total. The summed E-state index contributed by atoms with van der Waals surface area (Å²) in [4.78, 5) is 39.0. The van der Waals surface area contributed by atoms with Gasteiger partial charge in [-0.1, -0.05) is 30.3 Å². The molecule has 1 aliphatic heterocycles. The molecule has 0 spiro atoms. The highest BCUT2D eigenvalue weighted by Crippen LogP contribution is 2.35. The fraction of sp³-hybridized carbons (Fsp3) is 0.0800. The third-order valence-corrected chi connectivity index (χ3v) is 6.16. The number of carbonyl (C=O) groups is 3. The summed E-state index contributed by atoms with van der Waals surface area (Å²) in [6, 6.07) is 18.8. The van der Waals surface area contributed by atoms with Gasteiger partial charge < -0.3 is 9.47 Å². The summed E-state index contributed by atoms with van der Waals surface area (Å²) in [5.74, 6) is -0.336. The van der Waals surface area contributed by atoms with Crippen LogP contribution in [0, 0.1) is 0 Å². The van der Waals surface area contributed by atoms with Crippen LogP contribution in [0.5, 0.6) is 11.5 Å². The normalized spacial score (nSPS) is 14.9. The summed E-state index contributed by atoms with van der Waals surface area (Å²) in [6.07, 6.45) is 1.42. The molecule has 0 aromatic heterocycles. The Hall–Kier alpha value is -3.43. The quantitative estimate of drug-likeness (QED) is 0.306. The molecule has 172 valence electrons. The Balaban J connectivity index is 1.56. The van der Waals surface area contributed by atoms with Crippen molar-refractivity contribution in [2.45, 2.75) is 6.61 Å². The molecule has 1 heterocycles. The van der Waals surface area contributed by atoms with Gasteiger partial charge in [0.25, 0.3) is 11.8 Å². The highest BCUT2D eigenvalue weighted by molar-refractivity contribution is 9.11. The van der Waals surface area contributed by atoms with E-state index >= 15 is 0 Å². The van der Waals surface area contributed by atoms with Gasteiger partial charge in [-0.3, -0.25) is 14.9 Å². The van der Waals surface area contributed by atoms with Crippen LogP contribution in [0.2, 0.25) is 0 Å². The molecular formula is C25H18Br2N2O5. The first-order valence-corrected chi connectivity index (χ1v) is 11.7. The number of hydrogen-bond acceptors (Lipinski definition) is 5. The van der Waals surface area contributed by atoms with Crippen LogP contribution in [0.3, 0.4) is 0 Å². The van der Waals surface area contributed by atoms with Crippen LogP contribution < -0.4 is 19.7 Å². The van der Waals surface area contributed by atoms with E-state index in [4.69, 9.17) is 9.47 Å². The number of ether oxygens (including phenoxy) is 2. The van der Waals surface area contributed by atoms with Gasteiger partial charge in [-0.2, -0.15) is 0 Å². The number of nitrogens with zero attached hydrogens (tertiary/aromatic N) is 1. The Kier molecular flexibility index (Phi) is 7.14. The highest BCUT2D eigenvalue weighted by atomic mass is 79.9. The molecular weight excluding hydrogens is 568 g/mol. The van der Waals surface area contributed by atoms with E-state index in [1.807, 2.05) is 30.3 Å². The maximum Gasteiger partial charge on any atom is 0.335 e. The summed E-state index contributed by atoms with van der Waals surface area (Å²) in [6.45, 7) is 0.387. The van der Waals surface area contributed by atoms with E-state index in [0.29, 0.717) is 38.3 Å². The summed E-state index contributed by atoms with van der Waals surface area (Å²) in [5, 5.41) is 2.22. The van der Waals surface area contributed by atoms with Crippen molar-refractivity contribution in [3.8, 4) is 11.5 Å². The number of carbonyl (C=O) groups excluding carboxylic acids is 3. The summed E-state index contributed by atoms with van der Waals surface area (Å²) in [5.41, 5.74) is 1.72. The van der Waals surface area contributed by atoms with Crippen LogP contribution in [0.25, 0.3) is 6.08 Å². The van der Waals surface area contributed by atoms with Crippen molar-refractivity contribution in [1.29, 1.82) is 0 Å². The molecule has 1 N–H and O–H groups in total. The number of imide groups is 2. The minimum atomic E-state index is -0.817. The number of barbiturate groups is 1. The zero-order valence-electron chi connectivity index (χ0n) is 17.9. The molecule has 0 unspecified atom stereocenters. The Labute approximate surface area is 212 Å². The molecule has 4 rings (SSSR count). The van der Waals surface area contributed by atoms with E-state index in [1.165, 1.54) is 13.2 Å². The van der Waals surface area contributed by atoms with Crippen molar-refractivity contribution >= 4 is 61.5 Å². The number of anilines is 1. The Morgan fingerprint density at radius 2 is 1.59 bits per heavy atom. The standard InChI is InChI=1S/C25H18Br2N2O5/c1-33-22-20(26)12-16(13-21(22)27)11-19-23(30)28-25(32)29(24(19)31)17-7-9-18(10-8-17)34-14-15-5-3-2-4-6-15/h2-13H,14H2,1H3,(H,28,30,32)/b19-11+. The first kappa shape index (κ1) is 23.7. The van der Waals surface area contributed by atoms with Gasteiger partial charge in [0.1, 0.15) is 23.7 Å². The largest absolute Gasteiger partial charge is 0.494 e. The van der Waals surface area contributed by atoms with E-state index in [1.54, 1.807) is 36.4 Å². The first-order valence-electron chi connectivity index (χ1n) is 10.1. The average molecular weight is 586 g/mol. The van der Waals surface area contributed by atoms with E-state index < -0.39 is 17.8 Å². The van der Waals surface area contributed by atoms with E-state index in [-0.39, 0.29) is 5.57 Å². The molecule has 0 aliphatic carbocycles. The lowest BCUT2D eigenvalue weighted by Crippen LogP contribution is -2.54. The van der Waals surface area contributed by atoms with Crippen molar-refractivity contribution in [3.05, 3.63) is 92.4 Å². The van der Waals surface area contributed by atoms with Gasteiger partial charge in [-0.05, 0) is 85.5 Å². The number of urea groups is 1. The third kappa shape index (κ3) is 5.05. The number of rotatable bonds is 6. The second kappa shape index (κ2) is 10.2. The fourth-order valence-electron chi connectivity index (χ4n) is 3.35. The first-order chi connectivity index (χ1) is 16.4. The van der Waals surface area contributed by atoms with Crippen LogP contribution in [0.1, 0.15) is 11.1 Å². The SMILES string of the molecule is COc1c(Br)cc(/C=C2\C(=O)NC(=O)N(c3ccc(OCc4ccccc4)cc3)C2=O)cc1Br. The van der Waals surface area contributed by atoms with Crippen molar-refractivity contribution in [2.24, 2.45) is 0 Å². The molecule has 1 aliphatic rings. The topological polar surface area (TPSA) is 84.9 Å². The number of hydrogen-bond donors (Lipinski definition) is 1. The average Bonchev–Trinajstić information content (AvgIpc) is 2.82. The Morgan fingerprint density at radius 1 is 0.941 bits per heavy atom. The Morgan fingerprint density at radius 3 is 2.21 bits per heavy atom. The smallest absolute Gasteiger partial charge is 0.335 e. The van der Waals surface area contributed by atoms with Crippen molar-refractivity contribution in [1.82, 2.24) is 5.32 Å². The molecule has 0 saturated carbocycles. The van der Waals surface area contributed by atoms with Gasteiger partial charge in [0.15, 0.2) is 0 Å². The predicted octanol–water partition coefficient (Wildman–Crippen LogP) is 5.47. The molecule has 4 amide bonds. The van der Waals surface area contributed by atoms with E-state index in [2.05, 4.69) is 37.2 Å². The van der Waals surface area contributed by atoms with Gasteiger partial charge in [0.2, 0.25) is 0 Å². The van der Waals surface area contributed by atoms with Crippen LogP contribution >= 0.6 is 31.9 Å². The van der Waals surface area contributed by atoms with Crippen molar-refractivity contribution in [3.63, 3.8) is 0 Å². The highest BCUT2D eigenvalue weighted by Gasteiger charge is 2.36. The molecule has 0 radical (unpaired) electrons. The van der Waals surface area contributed by atoms with Crippen LogP contribution in [0.15, 0.2) is 81.2 Å². The lowest BCUT2D eigenvalue weighted by atomic mass is 10.1. The van der Waals surface area contributed by atoms with E-state index in [0.717, 1.165) is 10.5 Å². The molecule has 1 fully saturated rings. The summed E-state index contributed by atoms with van der Waals surface area (Å²) in [7, 11) is 1.53. The van der Waals surface area contributed by atoms with Crippen molar-refractivity contribution in [2.75, 3.05) is 12.0 Å². The zero-order valence-corrected chi connectivity index (χ0v) is 21.1. The molecule has 0 bridgehead atoms. The molecule has 1 saturated heterocycles. The van der Waals surface area contributed by atoms with Crippen LogP contribution in [-0.2, 0) is 16.2 Å². The maximum atomic E-state index is 13.1. The number of nitrogens with one attached hydrogen (secondary N) is 1. The number of benzene rings is 3. The third-order valence-electron chi connectivity index (χ3n) is 4.98. The van der Waals surface area contributed by atoms with Crippen LogP contribution in [-0.4, -0.2) is 25.0 Å². The van der Waals surface area contributed by atoms with Gasteiger partial charge in [0.05, 0.1) is 21.7 Å². The van der Waals surface area contributed by atoms with Gasteiger partial charge in [-0.25, -0.2) is 9.69 Å². The lowest BCUT2D eigenvalue weighted by molar-refractivity contribution is -0.122. The van der Waals surface area contributed by atoms with Crippen LogP contribution in [0.4, 0.5) is 10.5 Å². The van der Waals surface area contributed by atoms with Gasteiger partial charge >= 0.3 is 6.03 Å². The second-order valence-corrected chi connectivity index (χ2v) is 8.95. The van der Waals surface area contributed by atoms with Gasteiger partial charge in [-0.15, -0.1) is 0 Å². The molecule has 0 atom stereocenters. The zero-order chi connectivity index (χ0) is 24.2. The maximum absolute atomic E-state index is 13.1. The molecule has 34 heavy (non-hydrogen) atoms. The van der Waals surface area contributed by atoms with E-state index in [9.17, 15) is 14.4 Å². The number of amides is 4. The molecule has 3 aromatic rings. The monoisotopic (exact) mass is 584 g/mol.